The highest BCUT2D eigenvalue weighted by atomic mass is 16.5. The normalized spacial score (nSPS) is 18.0. The summed E-state index contributed by atoms with van der Waals surface area (Å²) in [6.07, 6.45) is 0.896. The largest absolute Gasteiger partial charge is 0.487 e. The van der Waals surface area contributed by atoms with E-state index in [4.69, 9.17) is 16.2 Å². The van der Waals surface area contributed by atoms with E-state index in [0.717, 1.165) is 17.7 Å². The topological polar surface area (TPSA) is 61.3 Å². The summed E-state index contributed by atoms with van der Waals surface area (Å²) in [5.74, 6) is 0.872. The lowest BCUT2D eigenvalue weighted by Crippen LogP contribution is -2.24. The molecule has 70 valence electrons. The van der Waals surface area contributed by atoms with Gasteiger partial charge in [0.2, 0.25) is 0 Å². The zero-order chi connectivity index (χ0) is 9.64. The number of anilines is 2. The number of nitrogens with two attached hydrogens (primary N) is 2. The van der Waals surface area contributed by atoms with E-state index in [1.807, 2.05) is 6.07 Å². The zero-order valence-electron chi connectivity index (χ0n) is 7.92. The molecule has 13 heavy (non-hydrogen) atoms. The minimum Gasteiger partial charge on any atom is -0.487 e. The zero-order valence-corrected chi connectivity index (χ0v) is 7.92. The molecule has 0 aliphatic carbocycles. The number of hydrogen-bond acceptors (Lipinski definition) is 3. The van der Waals surface area contributed by atoms with Gasteiger partial charge in [-0.3, -0.25) is 0 Å². The number of hydrogen-bond donors (Lipinski definition) is 2. The van der Waals surface area contributed by atoms with Gasteiger partial charge in [0.15, 0.2) is 0 Å². The Labute approximate surface area is 77.7 Å². The van der Waals surface area contributed by atoms with Gasteiger partial charge in [-0.2, -0.15) is 0 Å². The van der Waals surface area contributed by atoms with Crippen LogP contribution in [0.15, 0.2) is 12.1 Å². The third-order valence-corrected chi connectivity index (χ3v) is 2.27. The van der Waals surface area contributed by atoms with E-state index in [1.54, 1.807) is 6.07 Å². The number of benzene rings is 1. The van der Waals surface area contributed by atoms with E-state index in [-0.39, 0.29) is 5.60 Å². The first kappa shape index (κ1) is 8.23. The second-order valence-electron chi connectivity index (χ2n) is 4.13. The molecule has 1 heterocycles. The van der Waals surface area contributed by atoms with Crippen LogP contribution >= 0.6 is 0 Å². The maximum Gasteiger partial charge on any atom is 0.125 e. The Kier molecular flexibility index (Phi) is 1.46. The van der Waals surface area contributed by atoms with Crippen molar-refractivity contribution in [2.75, 3.05) is 11.5 Å². The van der Waals surface area contributed by atoms with Crippen LogP contribution in [-0.2, 0) is 6.42 Å². The summed E-state index contributed by atoms with van der Waals surface area (Å²) in [7, 11) is 0. The van der Waals surface area contributed by atoms with Crippen molar-refractivity contribution in [2.24, 2.45) is 0 Å². The highest BCUT2D eigenvalue weighted by Crippen LogP contribution is 2.38. The van der Waals surface area contributed by atoms with E-state index in [1.165, 1.54) is 0 Å². The van der Waals surface area contributed by atoms with Crippen LogP contribution in [0.2, 0.25) is 0 Å². The molecular weight excluding hydrogens is 164 g/mol. The van der Waals surface area contributed by atoms with Gasteiger partial charge in [-0.15, -0.1) is 0 Å². The van der Waals surface area contributed by atoms with Crippen molar-refractivity contribution in [1.82, 2.24) is 0 Å². The summed E-state index contributed by atoms with van der Waals surface area (Å²) in [4.78, 5) is 0. The standard InChI is InChI=1S/C10H14N2O/c1-10(2)5-6-3-7(11)8(12)4-9(6)13-10/h3-4H,5,11-12H2,1-2H3. The highest BCUT2D eigenvalue weighted by molar-refractivity contribution is 5.68. The summed E-state index contributed by atoms with van der Waals surface area (Å²) < 4.78 is 5.69. The van der Waals surface area contributed by atoms with Gasteiger partial charge in [-0.1, -0.05) is 0 Å². The molecule has 0 bridgehead atoms. The smallest absolute Gasteiger partial charge is 0.125 e. The summed E-state index contributed by atoms with van der Waals surface area (Å²) >= 11 is 0. The molecule has 1 aliphatic rings. The summed E-state index contributed by atoms with van der Waals surface area (Å²) in [5.41, 5.74) is 13.6. The Bertz CT molecular complexity index is 325. The highest BCUT2D eigenvalue weighted by Gasteiger charge is 2.30. The first-order valence-electron chi connectivity index (χ1n) is 4.35. The number of rotatable bonds is 0. The van der Waals surface area contributed by atoms with Crippen molar-refractivity contribution < 1.29 is 4.74 Å². The van der Waals surface area contributed by atoms with Gasteiger partial charge in [-0.25, -0.2) is 0 Å². The van der Waals surface area contributed by atoms with Crippen molar-refractivity contribution in [3.05, 3.63) is 17.7 Å². The second-order valence-corrected chi connectivity index (χ2v) is 4.13. The van der Waals surface area contributed by atoms with Gasteiger partial charge in [0.05, 0.1) is 11.4 Å². The van der Waals surface area contributed by atoms with Gasteiger partial charge >= 0.3 is 0 Å². The van der Waals surface area contributed by atoms with Gasteiger partial charge in [0.25, 0.3) is 0 Å². The molecule has 0 unspecified atom stereocenters. The van der Waals surface area contributed by atoms with Crippen molar-refractivity contribution in [3.63, 3.8) is 0 Å². The summed E-state index contributed by atoms with van der Waals surface area (Å²) in [6.45, 7) is 4.11. The molecule has 2 rings (SSSR count). The van der Waals surface area contributed by atoms with Crippen molar-refractivity contribution in [3.8, 4) is 5.75 Å². The van der Waals surface area contributed by atoms with Gasteiger partial charge in [0, 0.05) is 18.1 Å². The SMILES string of the molecule is CC1(C)Cc2cc(N)c(N)cc2O1. The molecule has 0 aromatic heterocycles. The lowest BCUT2D eigenvalue weighted by molar-refractivity contribution is 0.138. The van der Waals surface area contributed by atoms with E-state index in [9.17, 15) is 0 Å². The maximum absolute atomic E-state index is 5.70. The number of ether oxygens (including phenoxy) is 1. The third-order valence-electron chi connectivity index (χ3n) is 2.27. The predicted octanol–water partition coefficient (Wildman–Crippen LogP) is 1.56. The van der Waals surface area contributed by atoms with E-state index >= 15 is 0 Å². The molecule has 0 saturated carbocycles. The molecule has 0 fully saturated rings. The van der Waals surface area contributed by atoms with E-state index in [0.29, 0.717) is 11.4 Å². The van der Waals surface area contributed by atoms with Crippen LogP contribution in [0.5, 0.6) is 5.75 Å². The Hall–Kier alpha value is -1.38. The minimum atomic E-state index is -0.122. The molecule has 0 amide bonds. The molecule has 1 aliphatic heterocycles. The van der Waals surface area contributed by atoms with Crippen LogP contribution in [0.1, 0.15) is 19.4 Å². The van der Waals surface area contributed by atoms with Crippen molar-refractivity contribution in [1.29, 1.82) is 0 Å². The van der Waals surface area contributed by atoms with E-state index < -0.39 is 0 Å². The fraction of sp³-hybridized carbons (Fsp3) is 0.400. The Morgan fingerprint density at radius 3 is 2.54 bits per heavy atom. The van der Waals surface area contributed by atoms with Crippen LogP contribution < -0.4 is 16.2 Å². The van der Waals surface area contributed by atoms with Gasteiger partial charge in [0.1, 0.15) is 11.4 Å². The number of fused-ring (bicyclic) bond motifs is 1. The van der Waals surface area contributed by atoms with Crippen LogP contribution in [0.4, 0.5) is 11.4 Å². The molecule has 3 nitrogen and oxygen atoms in total. The fourth-order valence-corrected chi connectivity index (χ4v) is 1.68. The molecule has 1 aromatic rings. The van der Waals surface area contributed by atoms with E-state index in [2.05, 4.69) is 13.8 Å². The summed E-state index contributed by atoms with van der Waals surface area (Å²) in [6, 6.07) is 3.71. The van der Waals surface area contributed by atoms with Gasteiger partial charge < -0.3 is 16.2 Å². The van der Waals surface area contributed by atoms with Crippen molar-refractivity contribution >= 4 is 11.4 Å². The number of nitrogen functional groups attached to an aromatic ring is 2. The second kappa shape index (κ2) is 2.31. The minimum absolute atomic E-state index is 0.122. The molecule has 0 radical (unpaired) electrons. The average Bonchev–Trinajstić information content (AvgIpc) is 2.24. The lowest BCUT2D eigenvalue weighted by atomic mass is 10.0. The molecule has 4 N–H and O–H groups in total. The van der Waals surface area contributed by atoms with Crippen LogP contribution in [0.25, 0.3) is 0 Å². The maximum atomic E-state index is 5.70. The van der Waals surface area contributed by atoms with Crippen LogP contribution in [0, 0.1) is 0 Å². The quantitative estimate of drug-likeness (QED) is 0.593. The Morgan fingerprint density at radius 1 is 1.23 bits per heavy atom. The monoisotopic (exact) mass is 178 g/mol. The average molecular weight is 178 g/mol. The fourth-order valence-electron chi connectivity index (χ4n) is 1.68. The predicted molar refractivity (Wildman–Crippen MR) is 53.7 cm³/mol. The molecule has 0 spiro atoms. The van der Waals surface area contributed by atoms with Crippen molar-refractivity contribution in [2.45, 2.75) is 25.9 Å². The lowest BCUT2D eigenvalue weighted by Gasteiger charge is -2.16. The van der Waals surface area contributed by atoms with Gasteiger partial charge in [-0.05, 0) is 19.9 Å². The first-order valence-corrected chi connectivity index (χ1v) is 4.35. The van der Waals surface area contributed by atoms with Crippen LogP contribution in [0.3, 0.4) is 0 Å². The third kappa shape index (κ3) is 1.30. The molecule has 0 atom stereocenters. The molecule has 0 saturated heterocycles. The van der Waals surface area contributed by atoms with Crippen LogP contribution in [-0.4, -0.2) is 5.60 Å². The molecular formula is C10H14N2O. The first-order chi connectivity index (χ1) is 5.98. The molecule has 1 aromatic carbocycles. The Morgan fingerprint density at radius 2 is 1.85 bits per heavy atom. The summed E-state index contributed by atoms with van der Waals surface area (Å²) in [5, 5.41) is 0. The Balaban J connectivity index is 2.48. The molecule has 3 heteroatoms.